The number of benzene rings is 1. The predicted molar refractivity (Wildman–Crippen MR) is 103 cm³/mol. The number of amidine groups is 1. The van der Waals surface area contributed by atoms with Gasteiger partial charge in [-0.25, -0.2) is 9.97 Å². The molecule has 0 saturated carbocycles. The molecule has 2 aromatic rings. The molecular weight excluding hydrogens is 354 g/mol. The number of ether oxygens (including phenoxy) is 1. The van der Waals surface area contributed by atoms with Gasteiger partial charge in [0.05, 0.1) is 30.6 Å². The van der Waals surface area contributed by atoms with Gasteiger partial charge in [-0.15, -0.1) is 0 Å². The Balaban J connectivity index is 1.78. The summed E-state index contributed by atoms with van der Waals surface area (Å²) in [7, 11) is 0. The number of halogens is 1. The van der Waals surface area contributed by atoms with Crippen molar-refractivity contribution in [2.75, 3.05) is 30.4 Å². The van der Waals surface area contributed by atoms with Gasteiger partial charge in [-0.1, -0.05) is 24.6 Å². The van der Waals surface area contributed by atoms with E-state index < -0.39 is 0 Å². The van der Waals surface area contributed by atoms with Crippen LogP contribution in [-0.4, -0.2) is 40.7 Å². The van der Waals surface area contributed by atoms with Crippen LogP contribution < -0.4 is 15.4 Å². The first-order chi connectivity index (χ1) is 12.6. The molecule has 7 nitrogen and oxygen atoms in total. The lowest BCUT2D eigenvalue weighted by atomic mass is 10.1. The second kappa shape index (κ2) is 8.33. The zero-order valence-corrected chi connectivity index (χ0v) is 15.5. The van der Waals surface area contributed by atoms with E-state index >= 15 is 0 Å². The topological polar surface area (TPSA) is 91.7 Å². The van der Waals surface area contributed by atoms with Crippen LogP contribution >= 0.6 is 11.6 Å². The summed E-state index contributed by atoms with van der Waals surface area (Å²) in [4.78, 5) is 12.7. The minimum absolute atomic E-state index is 0.0124. The Bertz CT molecular complexity index is 812. The number of aryl methyl sites for hydroxylation is 1. The van der Waals surface area contributed by atoms with Crippen LogP contribution in [0, 0.1) is 0 Å². The Morgan fingerprint density at radius 2 is 2.27 bits per heavy atom. The highest BCUT2D eigenvalue weighted by Crippen LogP contribution is 2.32. The van der Waals surface area contributed by atoms with Gasteiger partial charge in [0.2, 0.25) is 0 Å². The second-order valence-corrected chi connectivity index (χ2v) is 6.30. The van der Waals surface area contributed by atoms with Gasteiger partial charge >= 0.3 is 0 Å². The molecule has 1 unspecified atom stereocenters. The average molecular weight is 376 g/mol. The van der Waals surface area contributed by atoms with Gasteiger partial charge in [0.25, 0.3) is 0 Å². The van der Waals surface area contributed by atoms with E-state index in [4.69, 9.17) is 21.4 Å². The first-order valence-electron chi connectivity index (χ1n) is 8.56. The summed E-state index contributed by atoms with van der Waals surface area (Å²) in [5, 5.41) is 16.1. The number of nitrogens with one attached hydrogen (secondary N) is 2. The number of fused-ring (bicyclic) bond motifs is 1. The highest BCUT2D eigenvalue weighted by Gasteiger charge is 2.17. The summed E-state index contributed by atoms with van der Waals surface area (Å²) >= 11 is 6.37. The number of anilines is 2. The fourth-order valence-corrected chi connectivity index (χ4v) is 2.98. The van der Waals surface area contributed by atoms with Gasteiger partial charge in [-0.3, -0.25) is 4.99 Å². The van der Waals surface area contributed by atoms with Crippen molar-refractivity contribution in [2.45, 2.75) is 26.3 Å². The van der Waals surface area contributed by atoms with E-state index in [0.29, 0.717) is 29.8 Å². The molecule has 3 rings (SSSR count). The Labute approximate surface area is 157 Å². The minimum Gasteiger partial charge on any atom is -0.484 e. The Hall–Kier alpha value is -2.38. The summed E-state index contributed by atoms with van der Waals surface area (Å²) < 4.78 is 5.70. The van der Waals surface area contributed by atoms with Crippen LogP contribution in [-0.2, 0) is 6.42 Å². The number of nitrogens with zero attached hydrogens (tertiary/aromatic N) is 3. The summed E-state index contributed by atoms with van der Waals surface area (Å²) in [5.41, 5.74) is 2.72. The van der Waals surface area contributed by atoms with Gasteiger partial charge < -0.3 is 20.5 Å². The number of hydrogen-bond donors (Lipinski definition) is 3. The molecule has 2 heterocycles. The molecule has 1 aliphatic heterocycles. The molecule has 0 spiro atoms. The third kappa shape index (κ3) is 4.05. The van der Waals surface area contributed by atoms with Crippen molar-refractivity contribution in [1.29, 1.82) is 0 Å². The molecule has 0 aliphatic carbocycles. The zero-order chi connectivity index (χ0) is 18.5. The van der Waals surface area contributed by atoms with E-state index in [1.807, 2.05) is 32.0 Å². The molecule has 0 bridgehead atoms. The van der Waals surface area contributed by atoms with Gasteiger partial charge in [0, 0.05) is 0 Å². The summed E-state index contributed by atoms with van der Waals surface area (Å²) in [6, 6.07) is 5.93. The van der Waals surface area contributed by atoms with Crippen molar-refractivity contribution in [3.05, 3.63) is 40.8 Å². The SMILES string of the molecule is CCc1ncnc(NC(C)c2ccc3c(c2)NC(=NCCO)CO3)c1Cl. The number of hydrogen-bond acceptors (Lipinski definition) is 6. The normalized spacial score (nSPS) is 15.8. The highest BCUT2D eigenvalue weighted by atomic mass is 35.5. The average Bonchev–Trinajstić information content (AvgIpc) is 2.67. The van der Waals surface area contributed by atoms with Crippen molar-refractivity contribution < 1.29 is 9.84 Å². The molecule has 1 atom stereocenters. The molecule has 26 heavy (non-hydrogen) atoms. The highest BCUT2D eigenvalue weighted by molar-refractivity contribution is 6.33. The van der Waals surface area contributed by atoms with Crippen LogP contribution in [0.4, 0.5) is 11.5 Å². The van der Waals surface area contributed by atoms with Crippen molar-refractivity contribution in [3.8, 4) is 5.75 Å². The van der Waals surface area contributed by atoms with Crippen molar-refractivity contribution >= 4 is 28.9 Å². The third-order valence-electron chi connectivity index (χ3n) is 4.10. The largest absolute Gasteiger partial charge is 0.484 e. The zero-order valence-electron chi connectivity index (χ0n) is 14.8. The maximum Gasteiger partial charge on any atom is 0.148 e. The molecule has 0 radical (unpaired) electrons. The Morgan fingerprint density at radius 3 is 3.04 bits per heavy atom. The maximum atomic E-state index is 8.90. The smallest absolute Gasteiger partial charge is 0.148 e. The molecule has 1 aromatic carbocycles. The van der Waals surface area contributed by atoms with Gasteiger partial charge in [0.15, 0.2) is 0 Å². The molecule has 138 valence electrons. The Morgan fingerprint density at radius 1 is 1.42 bits per heavy atom. The van der Waals surface area contributed by atoms with E-state index in [0.717, 1.165) is 29.1 Å². The van der Waals surface area contributed by atoms with Gasteiger partial charge in [-0.05, 0) is 31.0 Å². The van der Waals surface area contributed by atoms with E-state index in [9.17, 15) is 0 Å². The first kappa shape index (κ1) is 18.4. The van der Waals surface area contributed by atoms with E-state index in [-0.39, 0.29) is 12.6 Å². The standard InChI is InChI=1S/C18H22ClN5O2/c1-3-13-17(19)18(22-10-21-13)23-11(2)12-4-5-15-14(8-12)24-16(9-26-15)20-6-7-25/h4-5,8,10-11,25H,3,6-7,9H2,1-2H3,(H,20,24)(H,21,22,23). The number of rotatable bonds is 6. The summed E-state index contributed by atoms with van der Waals surface area (Å²) in [6.45, 7) is 4.78. The number of aliphatic hydroxyl groups is 1. The molecule has 0 saturated heterocycles. The molecule has 0 amide bonds. The van der Waals surface area contributed by atoms with Gasteiger partial charge in [0.1, 0.15) is 35.4 Å². The number of aliphatic imine (C=N–C) groups is 1. The lowest BCUT2D eigenvalue weighted by molar-refractivity contribution is 0.306. The number of aliphatic hydroxyl groups excluding tert-OH is 1. The first-order valence-corrected chi connectivity index (χ1v) is 8.94. The van der Waals surface area contributed by atoms with Crippen molar-refractivity contribution in [1.82, 2.24) is 9.97 Å². The summed E-state index contributed by atoms with van der Waals surface area (Å²) in [5.74, 6) is 2.10. The fraction of sp³-hybridized carbons (Fsp3) is 0.389. The molecule has 1 aromatic heterocycles. The predicted octanol–water partition coefficient (Wildman–Crippen LogP) is 3.06. The lowest BCUT2D eigenvalue weighted by Crippen LogP contribution is -2.26. The van der Waals surface area contributed by atoms with Crippen molar-refractivity contribution in [3.63, 3.8) is 0 Å². The molecule has 0 fully saturated rings. The van der Waals surface area contributed by atoms with Crippen LogP contribution in [0.2, 0.25) is 5.02 Å². The van der Waals surface area contributed by atoms with Crippen LogP contribution in [0.3, 0.4) is 0 Å². The maximum absolute atomic E-state index is 8.90. The molecule has 8 heteroatoms. The van der Waals surface area contributed by atoms with Crippen LogP contribution in [0.25, 0.3) is 0 Å². The third-order valence-corrected chi connectivity index (χ3v) is 4.50. The van der Waals surface area contributed by atoms with Crippen LogP contribution in [0.5, 0.6) is 5.75 Å². The lowest BCUT2D eigenvalue weighted by Gasteiger charge is -2.23. The van der Waals surface area contributed by atoms with E-state index in [2.05, 4.69) is 25.6 Å². The molecule has 1 aliphatic rings. The van der Waals surface area contributed by atoms with E-state index in [1.165, 1.54) is 6.33 Å². The second-order valence-electron chi connectivity index (χ2n) is 5.92. The molecular formula is C18H22ClN5O2. The quantitative estimate of drug-likeness (QED) is 0.718. The summed E-state index contributed by atoms with van der Waals surface area (Å²) in [6.07, 6.45) is 2.27. The van der Waals surface area contributed by atoms with Crippen LogP contribution in [0.15, 0.2) is 29.5 Å². The fourth-order valence-electron chi connectivity index (χ4n) is 2.69. The number of aromatic nitrogens is 2. The molecule has 3 N–H and O–H groups in total. The minimum atomic E-state index is -0.0148. The monoisotopic (exact) mass is 375 g/mol. The van der Waals surface area contributed by atoms with E-state index in [1.54, 1.807) is 0 Å². The van der Waals surface area contributed by atoms with Gasteiger partial charge in [-0.2, -0.15) is 0 Å². The van der Waals surface area contributed by atoms with Crippen LogP contribution in [0.1, 0.15) is 31.1 Å². The van der Waals surface area contributed by atoms with Crippen molar-refractivity contribution in [2.24, 2.45) is 4.99 Å². The Kier molecular flexibility index (Phi) is 5.90.